The van der Waals surface area contributed by atoms with Crippen molar-refractivity contribution in [2.75, 3.05) is 20.3 Å². The number of nitrogens with one attached hydrogen (secondary N) is 1. The lowest BCUT2D eigenvalue weighted by molar-refractivity contribution is 0.0937. The molecule has 0 aromatic carbocycles. The summed E-state index contributed by atoms with van der Waals surface area (Å²) in [5.41, 5.74) is 0.501. The number of carbonyl (C=O) groups excluding carboxylic acids is 1. The van der Waals surface area contributed by atoms with E-state index in [0.717, 1.165) is 0 Å². The number of rotatable bonds is 4. The Kier molecular flexibility index (Phi) is 4.35. The highest BCUT2D eigenvalue weighted by atomic mass is 35.5. The zero-order chi connectivity index (χ0) is 10.4. The van der Waals surface area contributed by atoms with Gasteiger partial charge in [0.1, 0.15) is 5.15 Å². The van der Waals surface area contributed by atoms with E-state index in [1.807, 2.05) is 0 Å². The summed E-state index contributed by atoms with van der Waals surface area (Å²) >= 11 is 5.63. The van der Waals surface area contributed by atoms with Crippen molar-refractivity contribution < 1.29 is 9.53 Å². The van der Waals surface area contributed by atoms with Crippen LogP contribution in [0.5, 0.6) is 0 Å². The second kappa shape index (κ2) is 5.57. The van der Waals surface area contributed by atoms with Crippen LogP contribution in [0.25, 0.3) is 0 Å². The summed E-state index contributed by atoms with van der Waals surface area (Å²) < 4.78 is 4.80. The molecule has 0 atom stereocenters. The number of hydrogen-bond acceptors (Lipinski definition) is 3. The highest BCUT2D eigenvalue weighted by Gasteiger charge is 2.04. The van der Waals surface area contributed by atoms with Gasteiger partial charge in [-0.2, -0.15) is 0 Å². The summed E-state index contributed by atoms with van der Waals surface area (Å²) in [6.45, 7) is 0.972. The summed E-state index contributed by atoms with van der Waals surface area (Å²) in [5.74, 6) is -0.175. The van der Waals surface area contributed by atoms with Crippen LogP contribution >= 0.6 is 11.6 Å². The molecule has 0 aliphatic heterocycles. The maximum absolute atomic E-state index is 11.4. The zero-order valence-corrected chi connectivity index (χ0v) is 8.54. The lowest BCUT2D eigenvalue weighted by Crippen LogP contribution is -2.26. The zero-order valence-electron chi connectivity index (χ0n) is 7.79. The largest absolute Gasteiger partial charge is 0.383 e. The minimum Gasteiger partial charge on any atom is -0.383 e. The third-order valence-corrected chi connectivity index (χ3v) is 1.79. The molecule has 0 spiro atoms. The Bertz CT molecular complexity index is 317. The van der Waals surface area contributed by atoms with Crippen LogP contribution in [0.1, 0.15) is 10.4 Å². The third kappa shape index (κ3) is 3.32. The number of nitrogens with zero attached hydrogens (tertiary/aromatic N) is 1. The smallest absolute Gasteiger partial charge is 0.251 e. The fraction of sp³-hybridized carbons (Fsp3) is 0.333. The Labute approximate surface area is 87.2 Å². The number of aromatic nitrogens is 1. The second-order valence-corrected chi connectivity index (χ2v) is 3.00. The van der Waals surface area contributed by atoms with Crippen LogP contribution in [0.15, 0.2) is 18.3 Å². The Morgan fingerprint density at radius 1 is 1.71 bits per heavy atom. The van der Waals surface area contributed by atoms with Gasteiger partial charge in [-0.05, 0) is 12.1 Å². The van der Waals surface area contributed by atoms with Gasteiger partial charge in [-0.3, -0.25) is 4.79 Å². The lowest BCUT2D eigenvalue weighted by atomic mass is 10.2. The van der Waals surface area contributed by atoms with Crippen molar-refractivity contribution in [2.45, 2.75) is 0 Å². The molecule has 1 N–H and O–H groups in total. The molecule has 1 heterocycles. The number of amides is 1. The number of ether oxygens (including phenoxy) is 1. The van der Waals surface area contributed by atoms with E-state index in [1.54, 1.807) is 13.2 Å². The first-order valence-corrected chi connectivity index (χ1v) is 4.50. The van der Waals surface area contributed by atoms with Crippen LogP contribution in [0.4, 0.5) is 0 Å². The molecule has 5 heteroatoms. The standard InChI is InChI=1S/C9H11ClN2O2/c1-14-5-4-12-9(13)7-2-3-11-8(10)6-7/h2-3,6H,4-5H2,1H3,(H,12,13). The van der Waals surface area contributed by atoms with Crippen LogP contribution in [0.2, 0.25) is 5.15 Å². The van der Waals surface area contributed by atoms with Gasteiger partial charge in [-0.1, -0.05) is 11.6 Å². The quantitative estimate of drug-likeness (QED) is 0.604. The summed E-state index contributed by atoms with van der Waals surface area (Å²) in [6, 6.07) is 3.12. The van der Waals surface area contributed by atoms with E-state index < -0.39 is 0 Å². The van der Waals surface area contributed by atoms with Gasteiger partial charge < -0.3 is 10.1 Å². The number of methoxy groups -OCH3 is 1. The molecule has 14 heavy (non-hydrogen) atoms. The topological polar surface area (TPSA) is 51.2 Å². The minimum atomic E-state index is -0.175. The first kappa shape index (κ1) is 10.9. The monoisotopic (exact) mass is 214 g/mol. The lowest BCUT2D eigenvalue weighted by Gasteiger charge is -2.03. The van der Waals surface area contributed by atoms with Gasteiger partial charge in [0.25, 0.3) is 5.91 Å². The maximum atomic E-state index is 11.4. The van der Waals surface area contributed by atoms with E-state index in [-0.39, 0.29) is 5.91 Å². The van der Waals surface area contributed by atoms with Crippen LogP contribution in [0.3, 0.4) is 0 Å². The van der Waals surface area contributed by atoms with Gasteiger partial charge in [0.2, 0.25) is 0 Å². The summed E-state index contributed by atoms with van der Waals surface area (Å²) in [7, 11) is 1.58. The first-order chi connectivity index (χ1) is 6.74. The van der Waals surface area contributed by atoms with Gasteiger partial charge in [0.15, 0.2) is 0 Å². The highest BCUT2D eigenvalue weighted by Crippen LogP contribution is 2.06. The molecule has 1 rings (SSSR count). The molecule has 1 aromatic rings. The molecule has 0 unspecified atom stereocenters. The molecule has 0 aliphatic carbocycles. The molecule has 0 saturated carbocycles. The Morgan fingerprint density at radius 3 is 3.14 bits per heavy atom. The SMILES string of the molecule is COCCNC(=O)c1ccnc(Cl)c1. The van der Waals surface area contributed by atoms with E-state index in [9.17, 15) is 4.79 Å². The van der Waals surface area contributed by atoms with Crippen molar-refractivity contribution in [1.29, 1.82) is 0 Å². The Morgan fingerprint density at radius 2 is 2.50 bits per heavy atom. The van der Waals surface area contributed by atoms with Gasteiger partial charge in [-0.25, -0.2) is 4.98 Å². The van der Waals surface area contributed by atoms with Gasteiger partial charge >= 0.3 is 0 Å². The van der Waals surface area contributed by atoms with E-state index in [0.29, 0.717) is 23.9 Å². The van der Waals surface area contributed by atoms with E-state index in [2.05, 4.69) is 10.3 Å². The molecule has 0 fully saturated rings. The van der Waals surface area contributed by atoms with Crippen molar-refractivity contribution in [3.8, 4) is 0 Å². The molecule has 0 radical (unpaired) electrons. The molecule has 0 aliphatic rings. The molecule has 1 aromatic heterocycles. The summed E-state index contributed by atoms with van der Waals surface area (Å²) in [4.78, 5) is 15.2. The molecular formula is C9H11ClN2O2. The molecule has 76 valence electrons. The van der Waals surface area contributed by atoms with Gasteiger partial charge in [0.05, 0.1) is 6.61 Å². The van der Waals surface area contributed by atoms with Crippen LogP contribution in [0, 0.1) is 0 Å². The molecule has 0 bridgehead atoms. The fourth-order valence-corrected chi connectivity index (χ4v) is 1.09. The molecule has 4 nitrogen and oxygen atoms in total. The van der Waals surface area contributed by atoms with Gasteiger partial charge in [0, 0.05) is 25.4 Å². The molecule has 1 amide bonds. The first-order valence-electron chi connectivity index (χ1n) is 4.12. The normalized spacial score (nSPS) is 9.86. The summed E-state index contributed by atoms with van der Waals surface area (Å²) in [5, 5.41) is 2.99. The third-order valence-electron chi connectivity index (χ3n) is 1.58. The number of halogens is 1. The predicted octanol–water partition coefficient (Wildman–Crippen LogP) is 1.11. The molecular weight excluding hydrogens is 204 g/mol. The van der Waals surface area contributed by atoms with Crippen molar-refractivity contribution >= 4 is 17.5 Å². The van der Waals surface area contributed by atoms with E-state index in [4.69, 9.17) is 16.3 Å². The highest BCUT2D eigenvalue weighted by molar-refractivity contribution is 6.29. The summed E-state index contributed by atoms with van der Waals surface area (Å²) in [6.07, 6.45) is 1.49. The van der Waals surface area contributed by atoms with Crippen molar-refractivity contribution in [2.24, 2.45) is 0 Å². The average Bonchev–Trinajstić information content (AvgIpc) is 2.18. The van der Waals surface area contributed by atoms with Crippen LogP contribution in [-0.2, 0) is 4.74 Å². The van der Waals surface area contributed by atoms with Crippen LogP contribution in [-0.4, -0.2) is 31.2 Å². The second-order valence-electron chi connectivity index (χ2n) is 2.62. The van der Waals surface area contributed by atoms with E-state index >= 15 is 0 Å². The Balaban J connectivity index is 2.52. The minimum absolute atomic E-state index is 0.175. The average molecular weight is 215 g/mol. The van der Waals surface area contributed by atoms with Crippen molar-refractivity contribution in [1.82, 2.24) is 10.3 Å². The predicted molar refractivity (Wildman–Crippen MR) is 53.5 cm³/mol. The van der Waals surface area contributed by atoms with Crippen molar-refractivity contribution in [3.63, 3.8) is 0 Å². The van der Waals surface area contributed by atoms with Crippen LogP contribution < -0.4 is 5.32 Å². The van der Waals surface area contributed by atoms with Gasteiger partial charge in [-0.15, -0.1) is 0 Å². The Hall–Kier alpha value is -1.13. The van der Waals surface area contributed by atoms with E-state index in [1.165, 1.54) is 12.3 Å². The van der Waals surface area contributed by atoms with Crippen molar-refractivity contribution in [3.05, 3.63) is 29.0 Å². The molecule has 0 saturated heterocycles. The number of pyridine rings is 1. The fourth-order valence-electron chi connectivity index (χ4n) is 0.912. The number of hydrogen-bond donors (Lipinski definition) is 1. The maximum Gasteiger partial charge on any atom is 0.251 e. The number of carbonyl (C=O) groups is 1.